The smallest absolute Gasteiger partial charge is 0.203 e. The van der Waals surface area contributed by atoms with Crippen LogP contribution in [-0.4, -0.2) is 28.3 Å². The van der Waals surface area contributed by atoms with Gasteiger partial charge in [-0.05, 0) is 31.4 Å². The Morgan fingerprint density at radius 1 is 1.38 bits per heavy atom. The van der Waals surface area contributed by atoms with E-state index in [1.165, 1.54) is 5.56 Å². The molecule has 0 fully saturated rings. The fourth-order valence-corrected chi connectivity index (χ4v) is 2.35. The summed E-state index contributed by atoms with van der Waals surface area (Å²) in [5, 5.41) is 3.40. The van der Waals surface area contributed by atoms with Gasteiger partial charge in [-0.3, -0.25) is 4.98 Å². The van der Waals surface area contributed by atoms with Gasteiger partial charge < -0.3 is 14.6 Å². The molecule has 0 amide bonds. The zero-order valence-electron chi connectivity index (χ0n) is 13.1. The van der Waals surface area contributed by atoms with E-state index in [0.29, 0.717) is 6.54 Å². The zero-order valence-corrected chi connectivity index (χ0v) is 13.1. The zero-order chi connectivity index (χ0) is 15.1. The van der Waals surface area contributed by atoms with E-state index in [1.807, 2.05) is 19.2 Å². The summed E-state index contributed by atoms with van der Waals surface area (Å²) in [6.45, 7) is 6.52. The first kappa shape index (κ1) is 15.5. The molecular formula is C16H24N4O. The second kappa shape index (κ2) is 7.78. The van der Waals surface area contributed by atoms with Gasteiger partial charge >= 0.3 is 0 Å². The number of hydrogen-bond donors (Lipinski definition) is 1. The first-order valence-electron chi connectivity index (χ1n) is 7.44. The Morgan fingerprint density at radius 2 is 2.24 bits per heavy atom. The van der Waals surface area contributed by atoms with Gasteiger partial charge in [0.2, 0.25) is 5.95 Å². The molecule has 21 heavy (non-hydrogen) atoms. The van der Waals surface area contributed by atoms with Crippen LogP contribution in [0.1, 0.15) is 30.3 Å². The Balaban J connectivity index is 2.02. The molecule has 114 valence electrons. The number of rotatable bonds is 8. The number of hydrogen-bond acceptors (Lipinski definition) is 4. The van der Waals surface area contributed by atoms with Crippen molar-refractivity contribution >= 4 is 5.95 Å². The summed E-state index contributed by atoms with van der Waals surface area (Å²) in [4.78, 5) is 9.00. The Morgan fingerprint density at radius 3 is 3.00 bits per heavy atom. The van der Waals surface area contributed by atoms with Crippen molar-refractivity contribution in [3.8, 4) is 0 Å². The summed E-state index contributed by atoms with van der Waals surface area (Å²) in [6.07, 6.45) is 5.88. The predicted octanol–water partition coefficient (Wildman–Crippen LogP) is 2.80. The van der Waals surface area contributed by atoms with Gasteiger partial charge in [-0.25, -0.2) is 4.98 Å². The highest BCUT2D eigenvalue weighted by Gasteiger charge is 2.07. The van der Waals surface area contributed by atoms with Gasteiger partial charge in [0.25, 0.3) is 0 Å². The number of pyridine rings is 1. The molecular weight excluding hydrogens is 264 g/mol. The van der Waals surface area contributed by atoms with Crippen molar-refractivity contribution in [3.05, 3.63) is 41.5 Å². The van der Waals surface area contributed by atoms with Crippen molar-refractivity contribution in [1.29, 1.82) is 0 Å². The minimum absolute atomic E-state index is 0.699. The van der Waals surface area contributed by atoms with E-state index in [9.17, 15) is 0 Å². The van der Waals surface area contributed by atoms with Gasteiger partial charge in [0.15, 0.2) is 0 Å². The lowest BCUT2D eigenvalue weighted by molar-refractivity contribution is 0.190. The van der Waals surface area contributed by atoms with Crippen LogP contribution in [0.25, 0.3) is 0 Å². The molecule has 2 rings (SSSR count). The van der Waals surface area contributed by atoms with Gasteiger partial charge in [-0.2, -0.15) is 0 Å². The highest BCUT2D eigenvalue weighted by molar-refractivity contribution is 5.31. The number of aryl methyl sites for hydroxylation is 3. The van der Waals surface area contributed by atoms with E-state index in [1.54, 1.807) is 7.11 Å². The Hall–Kier alpha value is -1.88. The molecule has 0 aromatic carbocycles. The van der Waals surface area contributed by atoms with E-state index in [4.69, 9.17) is 4.74 Å². The third-order valence-electron chi connectivity index (χ3n) is 3.42. The van der Waals surface area contributed by atoms with Crippen LogP contribution in [-0.2, 0) is 24.2 Å². The Kier molecular flexibility index (Phi) is 5.75. The van der Waals surface area contributed by atoms with Crippen LogP contribution in [0, 0.1) is 6.92 Å². The molecule has 0 saturated heterocycles. The Bertz CT molecular complexity index is 565. The van der Waals surface area contributed by atoms with Crippen molar-refractivity contribution in [2.24, 2.45) is 0 Å². The fraction of sp³-hybridized carbons (Fsp3) is 0.500. The van der Waals surface area contributed by atoms with Crippen LogP contribution < -0.4 is 5.32 Å². The highest BCUT2D eigenvalue weighted by atomic mass is 16.5. The number of nitrogens with one attached hydrogen (secondary N) is 1. The van der Waals surface area contributed by atoms with E-state index < -0.39 is 0 Å². The van der Waals surface area contributed by atoms with Crippen LogP contribution in [0.2, 0.25) is 0 Å². The normalized spacial score (nSPS) is 10.8. The molecule has 0 aliphatic carbocycles. The van der Waals surface area contributed by atoms with Crippen LogP contribution in [0.3, 0.4) is 0 Å². The maximum Gasteiger partial charge on any atom is 0.203 e. The summed E-state index contributed by atoms with van der Waals surface area (Å²) in [6, 6.07) is 4.11. The van der Waals surface area contributed by atoms with Gasteiger partial charge in [-0.1, -0.05) is 13.0 Å². The molecule has 2 aromatic heterocycles. The van der Waals surface area contributed by atoms with Gasteiger partial charge in [-0.15, -0.1) is 0 Å². The molecule has 1 N–H and O–H groups in total. The van der Waals surface area contributed by atoms with E-state index in [0.717, 1.165) is 43.3 Å². The highest BCUT2D eigenvalue weighted by Crippen LogP contribution is 2.12. The summed E-state index contributed by atoms with van der Waals surface area (Å²) >= 11 is 0. The molecule has 2 heterocycles. The van der Waals surface area contributed by atoms with Crippen LogP contribution in [0.15, 0.2) is 24.5 Å². The SMILES string of the molecule is CCc1cccnc1CNc1nc(C)cn1CCCOC. The number of aromatic nitrogens is 3. The standard InChI is InChI=1S/C16H24N4O/c1-4-14-7-5-8-17-15(14)11-18-16-19-13(2)12-20(16)9-6-10-21-3/h5,7-8,12H,4,6,9-11H2,1-3H3,(H,18,19). The molecule has 0 unspecified atom stereocenters. The lowest BCUT2D eigenvalue weighted by atomic mass is 10.1. The monoisotopic (exact) mass is 288 g/mol. The van der Waals surface area contributed by atoms with Crippen LogP contribution >= 0.6 is 0 Å². The maximum atomic E-state index is 5.11. The average Bonchev–Trinajstić information content (AvgIpc) is 2.86. The minimum Gasteiger partial charge on any atom is -0.385 e. The molecule has 5 heteroatoms. The first-order chi connectivity index (χ1) is 10.2. The number of anilines is 1. The van der Waals surface area contributed by atoms with Crippen molar-refractivity contribution < 1.29 is 4.74 Å². The van der Waals surface area contributed by atoms with Crippen molar-refractivity contribution in [2.75, 3.05) is 19.0 Å². The molecule has 0 radical (unpaired) electrons. The largest absolute Gasteiger partial charge is 0.385 e. The summed E-state index contributed by atoms with van der Waals surface area (Å²) in [7, 11) is 1.73. The predicted molar refractivity (Wildman–Crippen MR) is 84.4 cm³/mol. The average molecular weight is 288 g/mol. The second-order valence-corrected chi connectivity index (χ2v) is 5.06. The van der Waals surface area contributed by atoms with Crippen LogP contribution in [0.5, 0.6) is 0 Å². The summed E-state index contributed by atoms with van der Waals surface area (Å²) < 4.78 is 7.25. The maximum absolute atomic E-state index is 5.11. The molecule has 0 saturated carbocycles. The van der Waals surface area contributed by atoms with E-state index in [2.05, 4.69) is 39.0 Å². The quantitative estimate of drug-likeness (QED) is 0.759. The molecule has 0 aliphatic rings. The van der Waals surface area contributed by atoms with E-state index >= 15 is 0 Å². The lowest BCUT2D eigenvalue weighted by Gasteiger charge is -2.11. The molecule has 2 aromatic rings. The van der Waals surface area contributed by atoms with Crippen molar-refractivity contribution in [1.82, 2.24) is 14.5 Å². The second-order valence-electron chi connectivity index (χ2n) is 5.06. The third kappa shape index (κ3) is 4.29. The first-order valence-corrected chi connectivity index (χ1v) is 7.44. The van der Waals surface area contributed by atoms with Gasteiger partial charge in [0, 0.05) is 32.7 Å². The molecule has 0 atom stereocenters. The number of nitrogens with zero attached hydrogens (tertiary/aromatic N) is 3. The molecule has 0 bridgehead atoms. The summed E-state index contributed by atoms with van der Waals surface area (Å²) in [5.41, 5.74) is 3.38. The topological polar surface area (TPSA) is 52.0 Å². The molecule has 5 nitrogen and oxygen atoms in total. The third-order valence-corrected chi connectivity index (χ3v) is 3.42. The van der Waals surface area contributed by atoms with Gasteiger partial charge in [0.1, 0.15) is 0 Å². The number of ether oxygens (including phenoxy) is 1. The molecule has 0 aliphatic heterocycles. The minimum atomic E-state index is 0.699. The van der Waals surface area contributed by atoms with Crippen molar-refractivity contribution in [2.45, 2.75) is 39.8 Å². The van der Waals surface area contributed by atoms with Crippen LogP contribution in [0.4, 0.5) is 5.95 Å². The van der Waals surface area contributed by atoms with Crippen molar-refractivity contribution in [3.63, 3.8) is 0 Å². The number of imidazole rings is 1. The molecule has 0 spiro atoms. The lowest BCUT2D eigenvalue weighted by Crippen LogP contribution is -2.10. The van der Waals surface area contributed by atoms with Gasteiger partial charge in [0.05, 0.1) is 17.9 Å². The van der Waals surface area contributed by atoms with E-state index in [-0.39, 0.29) is 0 Å². The Labute approximate surface area is 126 Å². The fourth-order valence-electron chi connectivity index (χ4n) is 2.35. The summed E-state index contributed by atoms with van der Waals surface area (Å²) in [5.74, 6) is 0.899. The number of methoxy groups -OCH3 is 1.